The largest absolute Gasteiger partial charge is 0.481 e. The van der Waals surface area contributed by atoms with Crippen LogP contribution in [0.3, 0.4) is 0 Å². The first-order chi connectivity index (χ1) is 8.56. The average molecular weight is 260 g/mol. The van der Waals surface area contributed by atoms with Gasteiger partial charge in [-0.1, -0.05) is 0 Å². The molecule has 0 fully saturated rings. The molecule has 3 N–H and O–H groups in total. The SMILES string of the molecule is CCOCCCNC(=O)NC(C)CCCC(=O)O. The van der Waals surface area contributed by atoms with E-state index in [1.165, 1.54) is 0 Å². The van der Waals surface area contributed by atoms with Crippen molar-refractivity contribution in [1.29, 1.82) is 0 Å². The summed E-state index contributed by atoms with van der Waals surface area (Å²) in [6.07, 6.45) is 2.16. The number of ether oxygens (including phenoxy) is 1. The van der Waals surface area contributed by atoms with Gasteiger partial charge in [-0.05, 0) is 33.1 Å². The summed E-state index contributed by atoms with van der Waals surface area (Å²) in [5.41, 5.74) is 0. The van der Waals surface area contributed by atoms with Crippen LogP contribution in [-0.4, -0.2) is 42.9 Å². The van der Waals surface area contributed by atoms with Crippen molar-refractivity contribution in [3.05, 3.63) is 0 Å². The van der Waals surface area contributed by atoms with Crippen molar-refractivity contribution in [2.45, 2.75) is 45.6 Å². The van der Waals surface area contributed by atoms with Gasteiger partial charge in [-0.2, -0.15) is 0 Å². The highest BCUT2D eigenvalue weighted by atomic mass is 16.5. The Morgan fingerprint density at radius 2 is 2.06 bits per heavy atom. The number of amides is 2. The molecule has 0 aromatic carbocycles. The zero-order valence-electron chi connectivity index (χ0n) is 11.2. The molecule has 0 aliphatic carbocycles. The monoisotopic (exact) mass is 260 g/mol. The number of hydrogen-bond donors (Lipinski definition) is 3. The number of aliphatic carboxylic acids is 1. The summed E-state index contributed by atoms with van der Waals surface area (Å²) in [5.74, 6) is -0.803. The van der Waals surface area contributed by atoms with Crippen LogP contribution in [0.4, 0.5) is 4.79 Å². The summed E-state index contributed by atoms with van der Waals surface area (Å²) in [6, 6.07) is -0.231. The molecule has 2 amide bonds. The molecule has 18 heavy (non-hydrogen) atoms. The molecular formula is C12H24N2O4. The molecule has 0 aromatic rings. The van der Waals surface area contributed by atoms with E-state index in [0.29, 0.717) is 32.6 Å². The van der Waals surface area contributed by atoms with E-state index in [-0.39, 0.29) is 18.5 Å². The van der Waals surface area contributed by atoms with Crippen molar-refractivity contribution in [2.75, 3.05) is 19.8 Å². The van der Waals surface area contributed by atoms with Gasteiger partial charge in [0.15, 0.2) is 0 Å². The third-order valence-electron chi connectivity index (χ3n) is 2.36. The lowest BCUT2D eigenvalue weighted by molar-refractivity contribution is -0.137. The average Bonchev–Trinajstić information content (AvgIpc) is 2.28. The van der Waals surface area contributed by atoms with Crippen LogP contribution < -0.4 is 10.6 Å². The predicted octanol–water partition coefficient (Wildman–Crippen LogP) is 1.36. The Bertz CT molecular complexity index is 246. The van der Waals surface area contributed by atoms with Gasteiger partial charge < -0.3 is 20.5 Å². The lowest BCUT2D eigenvalue weighted by Gasteiger charge is -2.14. The van der Waals surface area contributed by atoms with E-state index in [2.05, 4.69) is 10.6 Å². The fourth-order valence-corrected chi connectivity index (χ4v) is 1.43. The van der Waals surface area contributed by atoms with Gasteiger partial charge in [-0.15, -0.1) is 0 Å². The Morgan fingerprint density at radius 1 is 1.33 bits per heavy atom. The highest BCUT2D eigenvalue weighted by Crippen LogP contribution is 2.00. The van der Waals surface area contributed by atoms with Crippen molar-refractivity contribution < 1.29 is 19.4 Å². The normalized spacial score (nSPS) is 11.9. The molecule has 0 radical (unpaired) electrons. The van der Waals surface area contributed by atoms with E-state index < -0.39 is 5.97 Å². The quantitative estimate of drug-likeness (QED) is 0.517. The van der Waals surface area contributed by atoms with E-state index in [9.17, 15) is 9.59 Å². The Labute approximate surface area is 108 Å². The number of carbonyl (C=O) groups excluding carboxylic acids is 1. The zero-order chi connectivity index (χ0) is 13.8. The minimum absolute atomic E-state index is 0.0174. The maximum Gasteiger partial charge on any atom is 0.314 e. The Balaban J connectivity index is 3.46. The zero-order valence-corrected chi connectivity index (χ0v) is 11.2. The summed E-state index contributed by atoms with van der Waals surface area (Å²) >= 11 is 0. The maximum absolute atomic E-state index is 11.4. The third-order valence-corrected chi connectivity index (χ3v) is 2.36. The van der Waals surface area contributed by atoms with E-state index in [1.807, 2.05) is 13.8 Å². The third kappa shape index (κ3) is 11.2. The van der Waals surface area contributed by atoms with E-state index in [0.717, 1.165) is 6.42 Å². The molecule has 106 valence electrons. The second kappa shape index (κ2) is 10.8. The topological polar surface area (TPSA) is 87.7 Å². The first-order valence-electron chi connectivity index (χ1n) is 6.40. The lowest BCUT2D eigenvalue weighted by Crippen LogP contribution is -2.41. The molecule has 1 atom stereocenters. The number of carboxylic acid groups (broad SMARTS) is 1. The second-order valence-corrected chi connectivity index (χ2v) is 4.14. The molecule has 0 aliphatic rings. The summed E-state index contributed by atoms with van der Waals surface area (Å²) in [7, 11) is 0. The van der Waals surface area contributed by atoms with Crippen molar-refractivity contribution in [1.82, 2.24) is 10.6 Å². The van der Waals surface area contributed by atoms with Crippen LogP contribution in [0.1, 0.15) is 39.5 Å². The van der Waals surface area contributed by atoms with Gasteiger partial charge in [0.05, 0.1) is 0 Å². The van der Waals surface area contributed by atoms with Crippen molar-refractivity contribution >= 4 is 12.0 Å². The summed E-state index contributed by atoms with van der Waals surface area (Å²) in [6.45, 7) is 5.70. The molecule has 0 aliphatic heterocycles. The summed E-state index contributed by atoms with van der Waals surface area (Å²) in [5, 5.41) is 14.0. The fourth-order valence-electron chi connectivity index (χ4n) is 1.43. The molecule has 0 rings (SSSR count). The van der Waals surface area contributed by atoms with Crippen LogP contribution in [0, 0.1) is 0 Å². The Hall–Kier alpha value is -1.30. The van der Waals surface area contributed by atoms with Gasteiger partial charge in [0.25, 0.3) is 0 Å². The number of nitrogens with one attached hydrogen (secondary N) is 2. The molecule has 0 heterocycles. The molecule has 0 bridgehead atoms. The highest BCUT2D eigenvalue weighted by molar-refractivity contribution is 5.74. The first kappa shape index (κ1) is 16.7. The van der Waals surface area contributed by atoms with Crippen LogP contribution in [0.2, 0.25) is 0 Å². The minimum Gasteiger partial charge on any atom is -0.481 e. The van der Waals surface area contributed by atoms with Gasteiger partial charge in [0.2, 0.25) is 0 Å². The number of urea groups is 1. The van der Waals surface area contributed by atoms with Crippen LogP contribution in [0.15, 0.2) is 0 Å². The Kier molecular flexibility index (Phi) is 10.0. The highest BCUT2D eigenvalue weighted by Gasteiger charge is 2.07. The van der Waals surface area contributed by atoms with Crippen LogP contribution in [-0.2, 0) is 9.53 Å². The molecule has 0 saturated heterocycles. The van der Waals surface area contributed by atoms with Gasteiger partial charge in [-0.3, -0.25) is 4.79 Å². The molecule has 0 saturated carbocycles. The van der Waals surface area contributed by atoms with E-state index >= 15 is 0 Å². The van der Waals surface area contributed by atoms with Gasteiger partial charge in [0, 0.05) is 32.2 Å². The van der Waals surface area contributed by atoms with E-state index in [1.54, 1.807) is 0 Å². The molecule has 0 aromatic heterocycles. The number of carboxylic acids is 1. The molecular weight excluding hydrogens is 236 g/mol. The Morgan fingerprint density at radius 3 is 2.67 bits per heavy atom. The number of carbonyl (C=O) groups is 2. The molecule has 6 nitrogen and oxygen atoms in total. The molecule has 6 heteroatoms. The fraction of sp³-hybridized carbons (Fsp3) is 0.833. The standard InChI is InChI=1S/C12H24N2O4/c1-3-18-9-5-8-13-12(17)14-10(2)6-4-7-11(15)16/h10H,3-9H2,1-2H3,(H,15,16)(H2,13,14,17). The van der Waals surface area contributed by atoms with Crippen LogP contribution in [0.5, 0.6) is 0 Å². The van der Waals surface area contributed by atoms with E-state index in [4.69, 9.17) is 9.84 Å². The van der Waals surface area contributed by atoms with Crippen molar-refractivity contribution in [2.24, 2.45) is 0 Å². The van der Waals surface area contributed by atoms with Gasteiger partial charge in [-0.25, -0.2) is 4.79 Å². The summed E-state index contributed by atoms with van der Waals surface area (Å²) < 4.78 is 5.14. The predicted molar refractivity (Wildman–Crippen MR) is 68.6 cm³/mol. The maximum atomic E-state index is 11.4. The lowest BCUT2D eigenvalue weighted by atomic mass is 10.1. The van der Waals surface area contributed by atoms with Crippen molar-refractivity contribution in [3.63, 3.8) is 0 Å². The molecule has 0 spiro atoms. The van der Waals surface area contributed by atoms with Crippen LogP contribution >= 0.6 is 0 Å². The second-order valence-electron chi connectivity index (χ2n) is 4.14. The number of hydrogen-bond acceptors (Lipinski definition) is 3. The van der Waals surface area contributed by atoms with Gasteiger partial charge >= 0.3 is 12.0 Å². The number of rotatable bonds is 10. The molecule has 1 unspecified atom stereocenters. The summed E-state index contributed by atoms with van der Waals surface area (Å²) in [4.78, 5) is 21.7. The first-order valence-corrected chi connectivity index (χ1v) is 6.40. The van der Waals surface area contributed by atoms with Crippen molar-refractivity contribution in [3.8, 4) is 0 Å². The minimum atomic E-state index is -0.803. The van der Waals surface area contributed by atoms with Crippen LogP contribution in [0.25, 0.3) is 0 Å². The smallest absolute Gasteiger partial charge is 0.314 e. The van der Waals surface area contributed by atoms with Gasteiger partial charge in [0.1, 0.15) is 0 Å².